The number of aromatic nitrogens is 2. The molecule has 2 aromatic heterocycles. The lowest BCUT2D eigenvalue weighted by Crippen LogP contribution is -2.20. The Balaban J connectivity index is 1.96. The van der Waals surface area contributed by atoms with Gasteiger partial charge in [-0.1, -0.05) is 5.16 Å². The Hall–Kier alpha value is -3.29. The second kappa shape index (κ2) is 5.60. The van der Waals surface area contributed by atoms with Gasteiger partial charge in [0.25, 0.3) is 5.56 Å². The summed E-state index contributed by atoms with van der Waals surface area (Å²) < 4.78 is 50.2. The number of benzene rings is 2. The van der Waals surface area contributed by atoms with Crippen molar-refractivity contribution in [1.29, 1.82) is 0 Å². The number of nitrogen functional groups attached to an aromatic ring is 1. The fourth-order valence-corrected chi connectivity index (χ4v) is 3.84. The first-order valence-electron chi connectivity index (χ1n) is 8.75. The van der Waals surface area contributed by atoms with Crippen molar-refractivity contribution >= 4 is 27.6 Å². The molecule has 1 saturated carbocycles. The summed E-state index contributed by atoms with van der Waals surface area (Å²) in [7, 11) is 0. The van der Waals surface area contributed by atoms with Crippen LogP contribution in [0.4, 0.5) is 18.9 Å². The van der Waals surface area contributed by atoms with Crippen molar-refractivity contribution in [1.82, 2.24) is 9.72 Å². The van der Waals surface area contributed by atoms with Gasteiger partial charge in [0.05, 0.1) is 22.8 Å². The standard InChI is InChI=1S/C20H14F3N3O2/c1-8-17(11-5-14(22)16(24)6-13(11)21)15(23)4-10-12-7-25-28-19(12)20(27)26(18(8)10)9-2-3-9/h4-7,9H,2-3,24H2,1H3. The van der Waals surface area contributed by atoms with E-state index in [0.717, 1.165) is 25.0 Å². The molecule has 5 nitrogen and oxygen atoms in total. The monoisotopic (exact) mass is 385 g/mol. The van der Waals surface area contributed by atoms with Crippen molar-refractivity contribution < 1.29 is 17.7 Å². The fourth-order valence-electron chi connectivity index (χ4n) is 3.84. The number of pyridine rings is 1. The van der Waals surface area contributed by atoms with Gasteiger partial charge in [-0.05, 0) is 37.5 Å². The smallest absolute Gasteiger partial charge is 0.297 e. The van der Waals surface area contributed by atoms with Gasteiger partial charge >= 0.3 is 0 Å². The van der Waals surface area contributed by atoms with Crippen molar-refractivity contribution in [2.45, 2.75) is 25.8 Å². The number of aryl methyl sites for hydroxylation is 1. The third kappa shape index (κ3) is 2.20. The minimum Gasteiger partial charge on any atom is -0.396 e. The van der Waals surface area contributed by atoms with Crippen LogP contribution in [-0.4, -0.2) is 9.72 Å². The molecule has 142 valence electrons. The number of fused-ring (bicyclic) bond motifs is 3. The van der Waals surface area contributed by atoms with Crippen molar-refractivity contribution in [2.24, 2.45) is 0 Å². The molecule has 0 radical (unpaired) electrons. The zero-order valence-electron chi connectivity index (χ0n) is 14.7. The van der Waals surface area contributed by atoms with E-state index in [4.69, 9.17) is 10.3 Å². The lowest BCUT2D eigenvalue weighted by molar-refractivity contribution is 0.451. The quantitative estimate of drug-likeness (QED) is 0.517. The molecule has 0 saturated heterocycles. The van der Waals surface area contributed by atoms with Gasteiger partial charge in [-0.2, -0.15) is 0 Å². The molecule has 0 unspecified atom stereocenters. The van der Waals surface area contributed by atoms with Crippen LogP contribution in [-0.2, 0) is 0 Å². The van der Waals surface area contributed by atoms with Gasteiger partial charge in [-0.3, -0.25) is 4.79 Å². The molecule has 2 N–H and O–H groups in total. The van der Waals surface area contributed by atoms with Crippen LogP contribution in [0.3, 0.4) is 0 Å². The van der Waals surface area contributed by atoms with E-state index in [-0.39, 0.29) is 34.0 Å². The number of nitrogens with two attached hydrogens (primary N) is 1. The summed E-state index contributed by atoms with van der Waals surface area (Å²) >= 11 is 0. The van der Waals surface area contributed by atoms with Crippen molar-refractivity contribution in [2.75, 3.05) is 5.73 Å². The molecule has 2 aromatic carbocycles. The Bertz CT molecular complexity index is 1350. The maximum absolute atomic E-state index is 15.1. The van der Waals surface area contributed by atoms with Gasteiger partial charge in [-0.15, -0.1) is 0 Å². The molecule has 5 rings (SSSR count). The van der Waals surface area contributed by atoms with Gasteiger partial charge < -0.3 is 14.8 Å². The fraction of sp³-hybridized carbons (Fsp3) is 0.200. The molecular weight excluding hydrogens is 371 g/mol. The minimum atomic E-state index is -0.843. The highest BCUT2D eigenvalue weighted by molar-refractivity contribution is 6.06. The molecule has 0 aliphatic heterocycles. The number of anilines is 1. The van der Waals surface area contributed by atoms with Crippen molar-refractivity contribution in [3.63, 3.8) is 0 Å². The molecule has 2 heterocycles. The van der Waals surface area contributed by atoms with Crippen LogP contribution >= 0.6 is 0 Å². The Labute approximate surface area is 156 Å². The van der Waals surface area contributed by atoms with Crippen LogP contribution in [0.5, 0.6) is 0 Å². The molecule has 8 heteroatoms. The van der Waals surface area contributed by atoms with E-state index in [2.05, 4.69) is 5.16 Å². The second-order valence-corrected chi connectivity index (χ2v) is 7.08. The molecule has 0 amide bonds. The van der Waals surface area contributed by atoms with E-state index in [0.29, 0.717) is 21.9 Å². The third-order valence-corrected chi connectivity index (χ3v) is 5.28. The van der Waals surface area contributed by atoms with Gasteiger partial charge in [0.15, 0.2) is 0 Å². The normalized spacial score (nSPS) is 14.3. The Morgan fingerprint density at radius 2 is 1.86 bits per heavy atom. The van der Waals surface area contributed by atoms with E-state index in [1.54, 1.807) is 11.5 Å². The summed E-state index contributed by atoms with van der Waals surface area (Å²) in [6.07, 6.45) is 2.95. The molecule has 0 bridgehead atoms. The maximum atomic E-state index is 15.1. The summed E-state index contributed by atoms with van der Waals surface area (Å²) in [6, 6.07) is 2.86. The molecular formula is C20H14F3N3O2. The zero-order valence-corrected chi connectivity index (χ0v) is 14.7. The van der Waals surface area contributed by atoms with Gasteiger partial charge in [-0.25, -0.2) is 13.2 Å². The highest BCUT2D eigenvalue weighted by Gasteiger charge is 2.31. The van der Waals surface area contributed by atoms with Crippen molar-refractivity contribution in [3.8, 4) is 11.1 Å². The predicted octanol–water partition coefficient (Wildman–Crippen LogP) is 4.45. The van der Waals surface area contributed by atoms with Crippen LogP contribution in [0.25, 0.3) is 33.0 Å². The lowest BCUT2D eigenvalue weighted by atomic mass is 9.95. The first kappa shape index (κ1) is 16.9. The summed E-state index contributed by atoms with van der Waals surface area (Å²) in [5.74, 6) is -2.42. The minimum absolute atomic E-state index is 0.0467. The Kier molecular flexibility index (Phi) is 3.37. The molecule has 1 aliphatic carbocycles. The van der Waals surface area contributed by atoms with Gasteiger partial charge in [0.2, 0.25) is 5.58 Å². The highest BCUT2D eigenvalue weighted by atomic mass is 19.1. The lowest BCUT2D eigenvalue weighted by Gasteiger charge is -2.17. The number of hydrogen-bond acceptors (Lipinski definition) is 4. The Morgan fingerprint density at radius 3 is 2.57 bits per heavy atom. The van der Waals surface area contributed by atoms with E-state index in [1.807, 2.05) is 0 Å². The summed E-state index contributed by atoms with van der Waals surface area (Å²) in [6.45, 7) is 1.59. The molecule has 28 heavy (non-hydrogen) atoms. The topological polar surface area (TPSA) is 74.1 Å². The van der Waals surface area contributed by atoms with Crippen LogP contribution in [0, 0.1) is 24.4 Å². The maximum Gasteiger partial charge on any atom is 0.297 e. The van der Waals surface area contributed by atoms with Crippen LogP contribution < -0.4 is 11.3 Å². The summed E-state index contributed by atoms with van der Waals surface area (Å²) in [4.78, 5) is 12.9. The van der Waals surface area contributed by atoms with Crippen LogP contribution in [0.2, 0.25) is 0 Å². The SMILES string of the molecule is Cc1c(-c2cc(F)c(N)cc2F)c(F)cc2c3cnoc3c(=O)n(C3CC3)c12. The number of rotatable bonds is 2. The third-order valence-electron chi connectivity index (χ3n) is 5.28. The predicted molar refractivity (Wildman–Crippen MR) is 98.5 cm³/mol. The first-order chi connectivity index (χ1) is 13.4. The zero-order chi connectivity index (χ0) is 19.7. The summed E-state index contributed by atoms with van der Waals surface area (Å²) in [5.41, 5.74) is 5.19. The van der Waals surface area contributed by atoms with Gasteiger partial charge in [0.1, 0.15) is 17.5 Å². The molecule has 1 aliphatic rings. The number of halogens is 3. The van der Waals surface area contributed by atoms with Crippen molar-refractivity contribution in [3.05, 3.63) is 57.8 Å². The van der Waals surface area contributed by atoms with E-state index < -0.39 is 17.5 Å². The first-order valence-corrected chi connectivity index (χ1v) is 8.75. The van der Waals surface area contributed by atoms with E-state index in [9.17, 15) is 13.6 Å². The Morgan fingerprint density at radius 1 is 1.11 bits per heavy atom. The number of nitrogens with zero attached hydrogens (tertiary/aromatic N) is 2. The summed E-state index contributed by atoms with van der Waals surface area (Å²) in [5, 5.41) is 4.50. The van der Waals surface area contributed by atoms with Crippen LogP contribution in [0.15, 0.2) is 33.7 Å². The van der Waals surface area contributed by atoms with Gasteiger partial charge in [0, 0.05) is 28.6 Å². The molecule has 0 spiro atoms. The highest BCUT2D eigenvalue weighted by Crippen LogP contribution is 2.41. The molecule has 1 fully saturated rings. The van der Waals surface area contributed by atoms with Crippen LogP contribution in [0.1, 0.15) is 24.4 Å². The van der Waals surface area contributed by atoms with E-state index in [1.165, 1.54) is 12.3 Å². The average Bonchev–Trinajstić information content (AvgIpc) is 3.35. The second-order valence-electron chi connectivity index (χ2n) is 7.08. The molecule has 4 aromatic rings. The molecule has 0 atom stereocenters. The largest absolute Gasteiger partial charge is 0.396 e. The average molecular weight is 385 g/mol. The number of hydrogen-bond donors (Lipinski definition) is 1. The van der Waals surface area contributed by atoms with E-state index >= 15 is 4.39 Å².